The highest BCUT2D eigenvalue weighted by Crippen LogP contribution is 2.28. The predicted molar refractivity (Wildman–Crippen MR) is 104 cm³/mol. The largest absolute Gasteiger partial charge is 0.326 e. The van der Waals surface area contributed by atoms with E-state index in [2.05, 4.69) is 5.32 Å². The molecular formula is C23H21NO2. The van der Waals surface area contributed by atoms with Gasteiger partial charge in [0.15, 0.2) is 5.78 Å². The second kappa shape index (κ2) is 8.26. The van der Waals surface area contributed by atoms with E-state index in [1.54, 1.807) is 24.3 Å². The van der Waals surface area contributed by atoms with Crippen molar-refractivity contribution in [3.8, 4) is 0 Å². The Balaban J connectivity index is 1.76. The number of hydrogen-bond donors (Lipinski definition) is 1. The minimum absolute atomic E-state index is 0.00565. The van der Waals surface area contributed by atoms with Gasteiger partial charge in [0.2, 0.25) is 5.91 Å². The van der Waals surface area contributed by atoms with Crippen LogP contribution in [0.4, 0.5) is 5.69 Å². The number of benzene rings is 3. The molecule has 0 radical (unpaired) electrons. The Morgan fingerprint density at radius 1 is 0.769 bits per heavy atom. The molecule has 1 amide bonds. The number of hydrogen-bond acceptors (Lipinski definition) is 2. The minimum Gasteiger partial charge on any atom is -0.326 e. The third kappa shape index (κ3) is 4.45. The van der Waals surface area contributed by atoms with Crippen LogP contribution in [-0.2, 0) is 4.79 Å². The van der Waals surface area contributed by atoms with E-state index in [1.807, 2.05) is 60.7 Å². The van der Waals surface area contributed by atoms with Gasteiger partial charge in [-0.05, 0) is 42.3 Å². The molecule has 0 spiro atoms. The first-order valence-corrected chi connectivity index (χ1v) is 8.64. The Morgan fingerprint density at radius 2 is 1.27 bits per heavy atom. The van der Waals surface area contributed by atoms with Crippen molar-refractivity contribution in [2.24, 2.45) is 0 Å². The molecule has 3 nitrogen and oxygen atoms in total. The lowest BCUT2D eigenvalue weighted by molar-refractivity contribution is -0.116. The molecule has 3 heteroatoms. The maximum absolute atomic E-state index is 12.6. The monoisotopic (exact) mass is 343 g/mol. The van der Waals surface area contributed by atoms with Crippen molar-refractivity contribution >= 4 is 17.4 Å². The molecule has 0 aliphatic carbocycles. The van der Waals surface area contributed by atoms with E-state index in [4.69, 9.17) is 0 Å². The van der Waals surface area contributed by atoms with Crippen molar-refractivity contribution < 1.29 is 9.59 Å². The molecular weight excluding hydrogens is 322 g/mol. The maximum Gasteiger partial charge on any atom is 0.225 e. The summed E-state index contributed by atoms with van der Waals surface area (Å²) in [7, 11) is 0. The van der Waals surface area contributed by atoms with Crippen LogP contribution in [-0.4, -0.2) is 11.7 Å². The molecule has 0 heterocycles. The highest BCUT2D eigenvalue weighted by Gasteiger charge is 2.18. The fraction of sp³-hybridized carbons (Fsp3) is 0.130. The number of amides is 1. The number of carbonyl (C=O) groups is 2. The Labute approximate surface area is 153 Å². The van der Waals surface area contributed by atoms with Gasteiger partial charge in [0, 0.05) is 23.6 Å². The number of carbonyl (C=O) groups excluding carboxylic acids is 2. The first kappa shape index (κ1) is 17.6. The summed E-state index contributed by atoms with van der Waals surface area (Å²) in [4.78, 5) is 24.0. The third-order valence-corrected chi connectivity index (χ3v) is 4.37. The van der Waals surface area contributed by atoms with E-state index in [1.165, 1.54) is 6.92 Å². The van der Waals surface area contributed by atoms with Gasteiger partial charge in [-0.2, -0.15) is 0 Å². The van der Waals surface area contributed by atoms with Crippen molar-refractivity contribution in [3.63, 3.8) is 0 Å². The van der Waals surface area contributed by atoms with E-state index in [0.717, 1.165) is 11.1 Å². The number of anilines is 1. The van der Waals surface area contributed by atoms with Crippen LogP contribution in [0.15, 0.2) is 84.9 Å². The molecule has 3 rings (SSSR count). The van der Waals surface area contributed by atoms with Crippen LogP contribution in [0, 0.1) is 0 Å². The molecule has 26 heavy (non-hydrogen) atoms. The van der Waals surface area contributed by atoms with E-state index in [0.29, 0.717) is 17.7 Å². The first-order valence-electron chi connectivity index (χ1n) is 8.64. The van der Waals surface area contributed by atoms with Crippen LogP contribution in [0.1, 0.15) is 40.7 Å². The van der Waals surface area contributed by atoms with Gasteiger partial charge in [0.05, 0.1) is 0 Å². The second-order valence-electron chi connectivity index (χ2n) is 6.26. The zero-order valence-corrected chi connectivity index (χ0v) is 14.7. The fourth-order valence-corrected chi connectivity index (χ4v) is 2.98. The molecule has 3 aromatic carbocycles. The molecule has 130 valence electrons. The number of nitrogens with one attached hydrogen (secondary N) is 1. The number of ketones is 1. The van der Waals surface area contributed by atoms with Crippen molar-refractivity contribution in [2.45, 2.75) is 19.3 Å². The maximum atomic E-state index is 12.6. The van der Waals surface area contributed by atoms with Gasteiger partial charge < -0.3 is 5.32 Å². The van der Waals surface area contributed by atoms with Crippen LogP contribution in [0.2, 0.25) is 0 Å². The van der Waals surface area contributed by atoms with Crippen molar-refractivity contribution in [1.29, 1.82) is 0 Å². The Hall–Kier alpha value is -3.20. The summed E-state index contributed by atoms with van der Waals surface area (Å²) in [5.41, 5.74) is 3.55. The average Bonchev–Trinajstić information content (AvgIpc) is 2.68. The fourth-order valence-electron chi connectivity index (χ4n) is 2.98. The molecule has 0 fully saturated rings. The first-order chi connectivity index (χ1) is 12.6. The predicted octanol–water partition coefficient (Wildman–Crippen LogP) is 5.05. The molecule has 0 aromatic heterocycles. The molecule has 1 N–H and O–H groups in total. The summed E-state index contributed by atoms with van der Waals surface area (Å²) in [6.07, 6.45) is 0.350. The average molecular weight is 343 g/mol. The Bertz CT molecular complexity index is 832. The van der Waals surface area contributed by atoms with Gasteiger partial charge in [-0.3, -0.25) is 9.59 Å². The number of Topliss-reactive ketones (excluding diaryl/α,β-unsaturated/α-hetero) is 1. The highest BCUT2D eigenvalue weighted by atomic mass is 16.1. The van der Waals surface area contributed by atoms with Crippen LogP contribution in [0.25, 0.3) is 0 Å². The lowest BCUT2D eigenvalue weighted by Crippen LogP contribution is -2.16. The van der Waals surface area contributed by atoms with Gasteiger partial charge in [-0.15, -0.1) is 0 Å². The van der Waals surface area contributed by atoms with Crippen LogP contribution in [0.5, 0.6) is 0 Å². The van der Waals surface area contributed by atoms with Crippen LogP contribution in [0.3, 0.4) is 0 Å². The van der Waals surface area contributed by atoms with E-state index >= 15 is 0 Å². The summed E-state index contributed by atoms with van der Waals surface area (Å²) in [6, 6.07) is 27.1. The molecule has 3 aromatic rings. The van der Waals surface area contributed by atoms with E-state index in [-0.39, 0.29) is 17.6 Å². The summed E-state index contributed by atoms with van der Waals surface area (Å²) >= 11 is 0. The molecule has 0 saturated carbocycles. The Morgan fingerprint density at radius 3 is 1.73 bits per heavy atom. The zero-order chi connectivity index (χ0) is 18.4. The molecule has 0 aliphatic rings. The molecule has 0 bridgehead atoms. The van der Waals surface area contributed by atoms with Crippen molar-refractivity contribution in [3.05, 3.63) is 102 Å². The van der Waals surface area contributed by atoms with E-state index in [9.17, 15) is 9.59 Å². The number of rotatable bonds is 6. The van der Waals surface area contributed by atoms with Crippen molar-refractivity contribution in [2.75, 3.05) is 5.32 Å². The SMILES string of the molecule is CC(=O)c1ccc(NC(=O)CC(c2ccccc2)c2ccccc2)cc1. The standard InChI is InChI=1S/C23H21NO2/c1-17(25)18-12-14-21(15-13-18)24-23(26)16-22(19-8-4-2-5-9-19)20-10-6-3-7-11-20/h2-15,22H,16H2,1H3,(H,24,26). The summed E-state index contributed by atoms with van der Waals surface area (Å²) < 4.78 is 0. The van der Waals surface area contributed by atoms with Crippen molar-refractivity contribution in [1.82, 2.24) is 0 Å². The lowest BCUT2D eigenvalue weighted by atomic mass is 9.88. The van der Waals surface area contributed by atoms with Gasteiger partial charge >= 0.3 is 0 Å². The molecule has 0 unspecified atom stereocenters. The summed E-state index contributed by atoms with van der Waals surface area (Å²) in [5, 5.41) is 2.93. The molecule has 0 saturated heterocycles. The van der Waals surface area contributed by atoms with Crippen LogP contribution >= 0.6 is 0 Å². The van der Waals surface area contributed by atoms with Gasteiger partial charge in [0.1, 0.15) is 0 Å². The van der Waals surface area contributed by atoms with Gasteiger partial charge in [-0.25, -0.2) is 0 Å². The van der Waals surface area contributed by atoms with Crippen LogP contribution < -0.4 is 5.32 Å². The second-order valence-corrected chi connectivity index (χ2v) is 6.26. The third-order valence-electron chi connectivity index (χ3n) is 4.37. The lowest BCUT2D eigenvalue weighted by Gasteiger charge is -2.18. The molecule has 0 aliphatic heterocycles. The Kier molecular flexibility index (Phi) is 5.59. The van der Waals surface area contributed by atoms with Gasteiger partial charge in [-0.1, -0.05) is 60.7 Å². The van der Waals surface area contributed by atoms with Gasteiger partial charge in [0.25, 0.3) is 0 Å². The highest BCUT2D eigenvalue weighted by molar-refractivity contribution is 5.95. The topological polar surface area (TPSA) is 46.2 Å². The zero-order valence-electron chi connectivity index (χ0n) is 14.7. The minimum atomic E-state index is -0.0571. The normalized spacial score (nSPS) is 10.5. The van der Waals surface area contributed by atoms with E-state index < -0.39 is 0 Å². The quantitative estimate of drug-likeness (QED) is 0.637. The molecule has 0 atom stereocenters. The smallest absolute Gasteiger partial charge is 0.225 e. The summed E-state index contributed by atoms with van der Waals surface area (Å²) in [5.74, 6) is -0.0525. The summed E-state index contributed by atoms with van der Waals surface area (Å²) in [6.45, 7) is 1.53.